The summed E-state index contributed by atoms with van der Waals surface area (Å²) in [5.41, 5.74) is 0. The van der Waals surface area contributed by atoms with E-state index in [0.717, 1.165) is 11.8 Å². The molecule has 1 aliphatic rings. The molecule has 1 aliphatic carbocycles. The Morgan fingerprint density at radius 1 is 1.23 bits per heavy atom. The average molecular weight is 183 g/mol. The molecule has 0 aromatic heterocycles. The lowest BCUT2D eigenvalue weighted by molar-refractivity contribution is 0.340. The third-order valence-corrected chi connectivity index (χ3v) is 3.41. The monoisotopic (exact) mass is 183 g/mol. The molecule has 0 aliphatic heterocycles. The van der Waals surface area contributed by atoms with E-state index in [1.54, 1.807) is 0 Å². The molecule has 1 N–H and O–H groups in total. The minimum absolute atomic E-state index is 0.951. The smallest absolute Gasteiger partial charge is 0.00463 e. The van der Waals surface area contributed by atoms with E-state index in [1.165, 1.54) is 51.6 Å². The molecule has 1 nitrogen and oxygen atoms in total. The van der Waals surface area contributed by atoms with Crippen molar-refractivity contribution in [3.63, 3.8) is 0 Å². The first kappa shape index (κ1) is 11.0. The van der Waals surface area contributed by atoms with Gasteiger partial charge in [0.1, 0.15) is 0 Å². The van der Waals surface area contributed by atoms with Crippen molar-refractivity contribution in [1.29, 1.82) is 0 Å². The minimum atomic E-state index is 0.951. The van der Waals surface area contributed by atoms with Gasteiger partial charge in [-0.2, -0.15) is 0 Å². The van der Waals surface area contributed by atoms with E-state index in [2.05, 4.69) is 19.2 Å². The Labute approximate surface area is 83.3 Å². The van der Waals surface area contributed by atoms with E-state index in [1.807, 2.05) is 0 Å². The summed E-state index contributed by atoms with van der Waals surface area (Å²) in [5, 5.41) is 3.49. The molecule has 1 atom stereocenters. The number of hydrogen-bond donors (Lipinski definition) is 1. The Balaban J connectivity index is 1.99. The maximum atomic E-state index is 3.49. The molecule has 0 bridgehead atoms. The molecule has 1 fully saturated rings. The van der Waals surface area contributed by atoms with Crippen molar-refractivity contribution in [2.24, 2.45) is 11.8 Å². The molecule has 0 aromatic rings. The number of nitrogens with one attached hydrogen (secondary N) is 1. The van der Waals surface area contributed by atoms with Gasteiger partial charge in [-0.3, -0.25) is 0 Å². The van der Waals surface area contributed by atoms with Crippen molar-refractivity contribution in [2.75, 3.05) is 13.1 Å². The highest BCUT2D eigenvalue weighted by atomic mass is 14.8. The lowest BCUT2D eigenvalue weighted by atomic mass is 9.90. The lowest BCUT2D eigenvalue weighted by Crippen LogP contribution is -2.20. The molecular weight excluding hydrogens is 158 g/mol. The van der Waals surface area contributed by atoms with Gasteiger partial charge in [0.25, 0.3) is 0 Å². The third kappa shape index (κ3) is 4.12. The Hall–Kier alpha value is -0.0400. The molecule has 1 rings (SSSR count). The Bertz CT molecular complexity index is 116. The summed E-state index contributed by atoms with van der Waals surface area (Å²) in [4.78, 5) is 0. The summed E-state index contributed by atoms with van der Waals surface area (Å²) in [7, 11) is 0. The van der Waals surface area contributed by atoms with E-state index in [0.29, 0.717) is 0 Å². The van der Waals surface area contributed by atoms with Crippen molar-refractivity contribution in [1.82, 2.24) is 5.32 Å². The Morgan fingerprint density at radius 2 is 1.92 bits per heavy atom. The van der Waals surface area contributed by atoms with Crippen LogP contribution < -0.4 is 5.32 Å². The second-order valence-corrected chi connectivity index (χ2v) is 4.56. The molecule has 0 radical (unpaired) electrons. The van der Waals surface area contributed by atoms with Crippen LogP contribution in [0.15, 0.2) is 0 Å². The molecule has 0 saturated heterocycles. The number of rotatable bonds is 6. The highest BCUT2D eigenvalue weighted by Gasteiger charge is 2.20. The van der Waals surface area contributed by atoms with Gasteiger partial charge in [0.2, 0.25) is 0 Å². The van der Waals surface area contributed by atoms with Crippen LogP contribution in [-0.4, -0.2) is 13.1 Å². The van der Waals surface area contributed by atoms with Gasteiger partial charge in [-0.15, -0.1) is 0 Å². The first-order chi connectivity index (χ1) is 6.34. The Morgan fingerprint density at radius 3 is 2.54 bits per heavy atom. The largest absolute Gasteiger partial charge is 0.317 e. The predicted molar refractivity (Wildman–Crippen MR) is 58.9 cm³/mol. The van der Waals surface area contributed by atoms with Crippen molar-refractivity contribution in [3.8, 4) is 0 Å². The molecule has 1 unspecified atom stereocenters. The van der Waals surface area contributed by atoms with Crippen LogP contribution in [-0.2, 0) is 0 Å². The van der Waals surface area contributed by atoms with Crippen molar-refractivity contribution < 1.29 is 0 Å². The quantitative estimate of drug-likeness (QED) is 0.624. The van der Waals surface area contributed by atoms with Crippen molar-refractivity contribution >= 4 is 0 Å². The maximum Gasteiger partial charge on any atom is -0.00463 e. The molecule has 78 valence electrons. The first-order valence-electron chi connectivity index (χ1n) is 6.05. The second kappa shape index (κ2) is 6.42. The van der Waals surface area contributed by atoms with Gasteiger partial charge >= 0.3 is 0 Å². The minimum Gasteiger partial charge on any atom is -0.317 e. The summed E-state index contributed by atoms with van der Waals surface area (Å²) < 4.78 is 0. The molecule has 0 aromatic carbocycles. The van der Waals surface area contributed by atoms with E-state index in [-0.39, 0.29) is 0 Å². The summed E-state index contributed by atoms with van der Waals surface area (Å²) in [5.74, 6) is 2.00. The van der Waals surface area contributed by atoms with Gasteiger partial charge in [-0.05, 0) is 37.8 Å². The first-order valence-corrected chi connectivity index (χ1v) is 6.05. The number of hydrogen-bond acceptors (Lipinski definition) is 1. The van der Waals surface area contributed by atoms with Gasteiger partial charge in [0.05, 0.1) is 0 Å². The lowest BCUT2D eigenvalue weighted by Gasteiger charge is -2.18. The van der Waals surface area contributed by atoms with Crippen molar-refractivity contribution in [2.45, 2.75) is 52.4 Å². The third-order valence-electron chi connectivity index (χ3n) is 3.41. The topological polar surface area (TPSA) is 12.0 Å². The van der Waals surface area contributed by atoms with Crippen LogP contribution in [0.25, 0.3) is 0 Å². The molecule has 0 amide bonds. The van der Waals surface area contributed by atoms with Crippen LogP contribution in [0.5, 0.6) is 0 Å². The van der Waals surface area contributed by atoms with Gasteiger partial charge < -0.3 is 5.32 Å². The fourth-order valence-electron chi connectivity index (χ4n) is 2.39. The van der Waals surface area contributed by atoms with E-state index >= 15 is 0 Å². The molecule has 1 heteroatoms. The van der Waals surface area contributed by atoms with Crippen LogP contribution in [0.4, 0.5) is 0 Å². The Kier molecular flexibility index (Phi) is 5.45. The molecule has 0 heterocycles. The summed E-state index contributed by atoms with van der Waals surface area (Å²) >= 11 is 0. The van der Waals surface area contributed by atoms with E-state index in [9.17, 15) is 0 Å². The van der Waals surface area contributed by atoms with Crippen LogP contribution in [0.2, 0.25) is 0 Å². The van der Waals surface area contributed by atoms with Crippen molar-refractivity contribution in [3.05, 3.63) is 0 Å². The molecule has 13 heavy (non-hydrogen) atoms. The highest BCUT2D eigenvalue weighted by molar-refractivity contribution is 4.73. The summed E-state index contributed by atoms with van der Waals surface area (Å²) in [6, 6.07) is 0. The van der Waals surface area contributed by atoms with Crippen LogP contribution >= 0.6 is 0 Å². The van der Waals surface area contributed by atoms with E-state index < -0.39 is 0 Å². The highest BCUT2D eigenvalue weighted by Crippen LogP contribution is 2.32. The maximum absolute atomic E-state index is 3.49. The predicted octanol–water partition coefficient (Wildman–Crippen LogP) is 3.20. The SMILES string of the molecule is CCCNCCC(C)C1CCCC1. The fourth-order valence-corrected chi connectivity index (χ4v) is 2.39. The van der Waals surface area contributed by atoms with Gasteiger partial charge in [-0.25, -0.2) is 0 Å². The van der Waals surface area contributed by atoms with E-state index in [4.69, 9.17) is 0 Å². The van der Waals surface area contributed by atoms with Gasteiger partial charge in [-0.1, -0.05) is 39.5 Å². The average Bonchev–Trinajstić information content (AvgIpc) is 2.65. The zero-order valence-electron chi connectivity index (χ0n) is 9.31. The van der Waals surface area contributed by atoms with Crippen LogP contribution in [0, 0.1) is 11.8 Å². The molecule has 0 spiro atoms. The van der Waals surface area contributed by atoms with Crippen LogP contribution in [0.3, 0.4) is 0 Å². The molecule has 1 saturated carbocycles. The summed E-state index contributed by atoms with van der Waals surface area (Å²) in [6.45, 7) is 7.08. The van der Waals surface area contributed by atoms with Gasteiger partial charge in [0.15, 0.2) is 0 Å². The second-order valence-electron chi connectivity index (χ2n) is 4.56. The standard InChI is InChI=1S/C12H25N/c1-3-9-13-10-8-11(2)12-6-4-5-7-12/h11-13H,3-10H2,1-2H3. The zero-order valence-corrected chi connectivity index (χ0v) is 9.31. The van der Waals surface area contributed by atoms with Gasteiger partial charge in [0, 0.05) is 0 Å². The fraction of sp³-hybridized carbons (Fsp3) is 1.00. The summed E-state index contributed by atoms with van der Waals surface area (Å²) in [6.07, 6.45) is 8.60. The van der Waals surface area contributed by atoms with Crippen LogP contribution in [0.1, 0.15) is 52.4 Å². The normalized spacial score (nSPS) is 20.8. The zero-order chi connectivity index (χ0) is 9.52. The molecular formula is C12H25N.